The zero-order chi connectivity index (χ0) is 16.4. The van der Waals surface area contributed by atoms with Gasteiger partial charge in [-0.15, -0.1) is 0 Å². The van der Waals surface area contributed by atoms with Crippen LogP contribution < -0.4 is 0 Å². The number of hydrogen-bond acceptors (Lipinski definition) is 5. The number of aliphatic hydroxyl groups is 1. The van der Waals surface area contributed by atoms with Crippen molar-refractivity contribution in [1.82, 2.24) is 4.90 Å². The molecule has 0 aromatic heterocycles. The number of thiocarbonyl (C=S) groups is 1. The molecular weight excluding hydrogens is 330 g/mol. The summed E-state index contributed by atoms with van der Waals surface area (Å²) in [6, 6.07) is 14.0. The Morgan fingerprint density at radius 3 is 2.87 bits per heavy atom. The van der Waals surface area contributed by atoms with Gasteiger partial charge in [0.2, 0.25) is 5.72 Å². The number of thioether (sulfide) groups is 1. The second-order valence-corrected chi connectivity index (χ2v) is 6.93. The number of nitrogens with zero attached hydrogens (tertiary/aromatic N) is 1. The summed E-state index contributed by atoms with van der Waals surface area (Å²) in [4.78, 5) is 13.8. The van der Waals surface area contributed by atoms with E-state index in [0.29, 0.717) is 10.9 Å². The fourth-order valence-electron chi connectivity index (χ4n) is 2.68. The first kappa shape index (κ1) is 16.2. The van der Waals surface area contributed by atoms with Crippen molar-refractivity contribution in [1.29, 1.82) is 0 Å². The van der Waals surface area contributed by atoms with E-state index in [-0.39, 0.29) is 12.4 Å². The summed E-state index contributed by atoms with van der Waals surface area (Å²) in [5, 5.41) is 13.0. The average molecular weight is 347 g/mol. The average Bonchev–Trinajstić information content (AvgIpc) is 2.85. The number of ether oxygens (including phenoxy) is 1. The standard InChI is InChI=1S/C17H17NO3S2/c1-2-21-15(19)17(20)11-23-16(22)18(17)10-13-8-5-7-12-6-3-4-9-14(12)13/h3-9,20H,2,10-11H2,1H3. The van der Waals surface area contributed by atoms with E-state index in [2.05, 4.69) is 0 Å². The Kier molecular flexibility index (Phi) is 4.57. The van der Waals surface area contributed by atoms with Crippen LogP contribution in [-0.4, -0.2) is 38.4 Å². The molecule has 1 aliphatic rings. The third kappa shape index (κ3) is 2.94. The molecule has 0 spiro atoms. The minimum atomic E-state index is -1.70. The predicted molar refractivity (Wildman–Crippen MR) is 96.1 cm³/mol. The van der Waals surface area contributed by atoms with E-state index in [1.54, 1.807) is 11.8 Å². The Morgan fingerprint density at radius 2 is 2.09 bits per heavy atom. The molecule has 0 radical (unpaired) electrons. The monoisotopic (exact) mass is 347 g/mol. The number of fused-ring (bicyclic) bond motifs is 1. The molecule has 1 heterocycles. The summed E-state index contributed by atoms with van der Waals surface area (Å²) in [5.74, 6) is -0.456. The molecule has 0 saturated carbocycles. The van der Waals surface area contributed by atoms with Gasteiger partial charge in [-0.2, -0.15) is 0 Å². The quantitative estimate of drug-likeness (QED) is 0.678. The summed E-state index contributed by atoms with van der Waals surface area (Å²) < 4.78 is 5.54. The maximum absolute atomic E-state index is 12.2. The van der Waals surface area contributed by atoms with Gasteiger partial charge in [0.05, 0.1) is 12.4 Å². The SMILES string of the molecule is CCOC(=O)C1(O)CSC(=S)N1Cc1cccc2ccccc12. The number of benzene rings is 2. The first-order valence-corrected chi connectivity index (χ1v) is 8.76. The minimum absolute atomic E-state index is 0.190. The summed E-state index contributed by atoms with van der Waals surface area (Å²) in [7, 11) is 0. The van der Waals surface area contributed by atoms with Crippen LogP contribution in [0.3, 0.4) is 0 Å². The highest BCUT2D eigenvalue weighted by Gasteiger charge is 2.50. The normalized spacial score (nSPS) is 21.0. The molecule has 6 heteroatoms. The molecule has 2 aromatic carbocycles. The van der Waals surface area contributed by atoms with Gasteiger partial charge < -0.3 is 14.7 Å². The fraction of sp³-hybridized carbons (Fsp3) is 0.294. The third-order valence-corrected chi connectivity index (χ3v) is 5.46. The molecule has 1 N–H and O–H groups in total. The molecule has 0 bridgehead atoms. The van der Waals surface area contributed by atoms with Crippen LogP contribution in [0.25, 0.3) is 10.8 Å². The molecule has 1 unspecified atom stereocenters. The molecule has 0 aliphatic carbocycles. The highest BCUT2D eigenvalue weighted by molar-refractivity contribution is 8.23. The summed E-state index contributed by atoms with van der Waals surface area (Å²) in [6.07, 6.45) is 0. The second-order valence-electron chi connectivity index (χ2n) is 5.32. The van der Waals surface area contributed by atoms with Gasteiger partial charge in [0.25, 0.3) is 0 Å². The van der Waals surface area contributed by atoms with Gasteiger partial charge in [-0.3, -0.25) is 0 Å². The van der Waals surface area contributed by atoms with Crippen molar-refractivity contribution in [3.63, 3.8) is 0 Å². The minimum Gasteiger partial charge on any atom is -0.462 e. The van der Waals surface area contributed by atoms with E-state index >= 15 is 0 Å². The van der Waals surface area contributed by atoms with E-state index in [1.165, 1.54) is 11.8 Å². The van der Waals surface area contributed by atoms with Crippen LogP contribution in [0.2, 0.25) is 0 Å². The van der Waals surface area contributed by atoms with Gasteiger partial charge in [0.15, 0.2) is 0 Å². The second kappa shape index (κ2) is 6.47. The van der Waals surface area contributed by atoms with Crippen LogP contribution in [0.15, 0.2) is 42.5 Å². The number of rotatable bonds is 4. The summed E-state index contributed by atoms with van der Waals surface area (Å²) in [6.45, 7) is 2.31. The van der Waals surface area contributed by atoms with Gasteiger partial charge in [-0.05, 0) is 23.3 Å². The third-order valence-electron chi connectivity index (χ3n) is 3.87. The topological polar surface area (TPSA) is 49.8 Å². The van der Waals surface area contributed by atoms with Gasteiger partial charge in [-0.25, -0.2) is 4.79 Å². The highest BCUT2D eigenvalue weighted by Crippen LogP contribution is 2.35. The lowest BCUT2D eigenvalue weighted by molar-refractivity contribution is -0.175. The zero-order valence-corrected chi connectivity index (χ0v) is 14.3. The van der Waals surface area contributed by atoms with Crippen molar-refractivity contribution in [3.8, 4) is 0 Å². The lowest BCUT2D eigenvalue weighted by Crippen LogP contribution is -2.53. The molecule has 3 rings (SSSR count). The molecule has 1 atom stereocenters. The first-order valence-electron chi connectivity index (χ1n) is 7.37. The van der Waals surface area contributed by atoms with Gasteiger partial charge in [0, 0.05) is 6.54 Å². The molecule has 1 aliphatic heterocycles. The number of esters is 1. The van der Waals surface area contributed by atoms with E-state index < -0.39 is 11.7 Å². The molecule has 0 amide bonds. The summed E-state index contributed by atoms with van der Waals surface area (Å²) >= 11 is 6.63. The summed E-state index contributed by atoms with van der Waals surface area (Å²) in [5.41, 5.74) is -0.690. The van der Waals surface area contributed by atoms with Crippen molar-refractivity contribution in [2.45, 2.75) is 19.2 Å². The predicted octanol–water partition coefficient (Wildman–Crippen LogP) is 2.93. The maximum Gasteiger partial charge on any atom is 0.360 e. The Hall–Kier alpha value is -1.63. The van der Waals surface area contributed by atoms with E-state index in [9.17, 15) is 9.90 Å². The lowest BCUT2D eigenvalue weighted by Gasteiger charge is -2.31. The highest BCUT2D eigenvalue weighted by atomic mass is 32.2. The Morgan fingerprint density at radius 1 is 1.35 bits per heavy atom. The maximum atomic E-state index is 12.2. The molecule has 2 aromatic rings. The smallest absolute Gasteiger partial charge is 0.360 e. The van der Waals surface area contributed by atoms with E-state index in [4.69, 9.17) is 17.0 Å². The Labute approximate surface area is 144 Å². The number of hydrogen-bond donors (Lipinski definition) is 1. The molecule has 4 nitrogen and oxygen atoms in total. The number of carbonyl (C=O) groups is 1. The van der Waals surface area contributed by atoms with Crippen LogP contribution in [0, 0.1) is 0 Å². The van der Waals surface area contributed by atoms with Crippen LogP contribution >= 0.6 is 24.0 Å². The molecular formula is C17H17NO3S2. The van der Waals surface area contributed by atoms with Gasteiger partial charge in [-0.1, -0.05) is 66.4 Å². The van der Waals surface area contributed by atoms with Crippen molar-refractivity contribution in [2.24, 2.45) is 0 Å². The molecule has 23 heavy (non-hydrogen) atoms. The largest absolute Gasteiger partial charge is 0.462 e. The van der Waals surface area contributed by atoms with Crippen LogP contribution in [0.4, 0.5) is 0 Å². The van der Waals surface area contributed by atoms with Crippen LogP contribution in [0.1, 0.15) is 12.5 Å². The van der Waals surface area contributed by atoms with E-state index in [1.807, 2.05) is 42.5 Å². The lowest BCUT2D eigenvalue weighted by atomic mass is 10.0. The molecule has 1 fully saturated rings. The zero-order valence-electron chi connectivity index (χ0n) is 12.7. The van der Waals surface area contributed by atoms with Gasteiger partial charge >= 0.3 is 5.97 Å². The van der Waals surface area contributed by atoms with Crippen LogP contribution in [0.5, 0.6) is 0 Å². The fourth-order valence-corrected chi connectivity index (χ4v) is 4.04. The van der Waals surface area contributed by atoms with Gasteiger partial charge in [0.1, 0.15) is 4.32 Å². The molecule has 120 valence electrons. The number of carbonyl (C=O) groups excluding carboxylic acids is 1. The Bertz CT molecular complexity index is 759. The van der Waals surface area contributed by atoms with Crippen molar-refractivity contribution in [2.75, 3.05) is 12.4 Å². The van der Waals surface area contributed by atoms with Crippen LogP contribution in [-0.2, 0) is 16.1 Å². The first-order chi connectivity index (χ1) is 11.1. The molecule has 1 saturated heterocycles. The van der Waals surface area contributed by atoms with Crippen molar-refractivity contribution < 1.29 is 14.6 Å². The van der Waals surface area contributed by atoms with E-state index in [0.717, 1.165) is 16.3 Å². The Balaban J connectivity index is 1.96. The van der Waals surface area contributed by atoms with Crippen molar-refractivity contribution >= 4 is 45.0 Å². The van der Waals surface area contributed by atoms with Crippen molar-refractivity contribution in [3.05, 3.63) is 48.0 Å².